The van der Waals surface area contributed by atoms with Crippen LogP contribution in [0, 0.1) is 5.95 Å². The second kappa shape index (κ2) is 4.81. The van der Waals surface area contributed by atoms with Gasteiger partial charge in [-0.1, -0.05) is 18.2 Å². The Hall–Kier alpha value is -1.93. The maximum atomic E-state index is 14.0. The lowest BCUT2D eigenvalue weighted by molar-refractivity contribution is 0.556. The SMILES string of the molecule is Nc1c(Br)ccc2c1c(F)nn2S(=O)(=O)c1ccccc1. The number of hydrogen-bond donors (Lipinski definition) is 1. The van der Waals surface area contributed by atoms with Crippen LogP contribution in [0.25, 0.3) is 10.9 Å². The first kappa shape index (κ1) is 14.0. The molecule has 1 aromatic heterocycles. The van der Waals surface area contributed by atoms with Gasteiger partial charge >= 0.3 is 0 Å². The molecule has 108 valence electrons. The molecule has 8 heteroatoms. The zero-order chi connectivity index (χ0) is 15.2. The molecular formula is C13H9BrFN3O2S. The quantitative estimate of drug-likeness (QED) is 0.704. The molecule has 0 aliphatic heterocycles. The molecule has 0 bridgehead atoms. The van der Waals surface area contributed by atoms with Gasteiger partial charge in [0.25, 0.3) is 10.0 Å². The molecule has 0 radical (unpaired) electrons. The van der Waals surface area contributed by atoms with Crippen molar-refractivity contribution < 1.29 is 12.8 Å². The van der Waals surface area contributed by atoms with Gasteiger partial charge in [-0.3, -0.25) is 0 Å². The Morgan fingerprint density at radius 2 is 1.81 bits per heavy atom. The molecule has 0 spiro atoms. The first-order valence-corrected chi connectivity index (χ1v) is 8.09. The molecule has 0 amide bonds. The number of halogens is 2. The topological polar surface area (TPSA) is 78.0 Å². The first-order valence-electron chi connectivity index (χ1n) is 5.86. The summed E-state index contributed by atoms with van der Waals surface area (Å²) in [6.45, 7) is 0. The summed E-state index contributed by atoms with van der Waals surface area (Å²) in [4.78, 5) is 0.0240. The number of nitrogens with two attached hydrogens (primary N) is 1. The summed E-state index contributed by atoms with van der Waals surface area (Å²) in [5.41, 5.74) is 5.98. The van der Waals surface area contributed by atoms with Crippen LogP contribution in [-0.4, -0.2) is 17.6 Å². The van der Waals surface area contributed by atoms with Gasteiger partial charge in [-0.2, -0.15) is 16.9 Å². The van der Waals surface area contributed by atoms with Crippen molar-refractivity contribution in [2.75, 3.05) is 5.73 Å². The van der Waals surface area contributed by atoms with E-state index in [0.717, 1.165) is 0 Å². The maximum absolute atomic E-state index is 14.0. The molecule has 0 saturated heterocycles. The summed E-state index contributed by atoms with van der Waals surface area (Å²) >= 11 is 3.18. The van der Waals surface area contributed by atoms with Gasteiger partial charge in [-0.15, -0.1) is 5.10 Å². The van der Waals surface area contributed by atoms with E-state index in [4.69, 9.17) is 5.73 Å². The molecule has 3 rings (SSSR count). The molecule has 0 saturated carbocycles. The number of rotatable bonds is 2. The third kappa shape index (κ3) is 2.11. The molecule has 1 heterocycles. The molecule has 2 N–H and O–H groups in total. The highest BCUT2D eigenvalue weighted by Crippen LogP contribution is 2.32. The fourth-order valence-electron chi connectivity index (χ4n) is 2.02. The highest BCUT2D eigenvalue weighted by Gasteiger charge is 2.24. The lowest BCUT2D eigenvalue weighted by Crippen LogP contribution is -2.14. The Labute approximate surface area is 128 Å². The largest absolute Gasteiger partial charge is 0.397 e. The maximum Gasteiger partial charge on any atom is 0.283 e. The summed E-state index contributed by atoms with van der Waals surface area (Å²) in [5, 5.41) is 3.48. The molecule has 21 heavy (non-hydrogen) atoms. The second-order valence-electron chi connectivity index (χ2n) is 4.31. The van der Waals surface area contributed by atoms with Crippen molar-refractivity contribution in [3.05, 3.63) is 52.9 Å². The first-order chi connectivity index (χ1) is 9.93. The van der Waals surface area contributed by atoms with Gasteiger partial charge in [-0.25, -0.2) is 0 Å². The molecule has 0 aliphatic rings. The van der Waals surface area contributed by atoms with Crippen molar-refractivity contribution in [3.8, 4) is 0 Å². The van der Waals surface area contributed by atoms with Crippen LogP contribution < -0.4 is 5.73 Å². The Bertz CT molecular complexity index is 939. The molecule has 0 atom stereocenters. The van der Waals surface area contributed by atoms with Gasteiger partial charge in [0.15, 0.2) is 0 Å². The Balaban J connectivity index is 2.35. The van der Waals surface area contributed by atoms with Crippen molar-refractivity contribution >= 4 is 42.5 Å². The lowest BCUT2D eigenvalue weighted by Gasteiger charge is -2.06. The number of benzene rings is 2. The summed E-state index contributed by atoms with van der Waals surface area (Å²) < 4.78 is 40.2. The number of anilines is 1. The number of fused-ring (bicyclic) bond motifs is 1. The molecule has 5 nitrogen and oxygen atoms in total. The van der Waals surface area contributed by atoms with Gasteiger partial charge in [0.1, 0.15) is 0 Å². The zero-order valence-corrected chi connectivity index (χ0v) is 12.9. The van der Waals surface area contributed by atoms with Crippen LogP contribution in [0.4, 0.5) is 10.1 Å². The minimum absolute atomic E-state index is 0.0240. The van der Waals surface area contributed by atoms with Crippen LogP contribution in [-0.2, 0) is 10.0 Å². The third-order valence-corrected chi connectivity index (χ3v) is 5.32. The van der Waals surface area contributed by atoms with E-state index in [1.54, 1.807) is 24.3 Å². The lowest BCUT2D eigenvalue weighted by atomic mass is 10.2. The van der Waals surface area contributed by atoms with E-state index in [-0.39, 0.29) is 21.5 Å². The minimum atomic E-state index is -3.98. The van der Waals surface area contributed by atoms with E-state index in [2.05, 4.69) is 21.0 Å². The zero-order valence-electron chi connectivity index (χ0n) is 10.5. The van der Waals surface area contributed by atoms with E-state index in [0.29, 0.717) is 8.56 Å². The minimum Gasteiger partial charge on any atom is -0.397 e. The molecule has 0 unspecified atom stereocenters. The van der Waals surface area contributed by atoms with E-state index in [1.165, 1.54) is 18.2 Å². The smallest absolute Gasteiger partial charge is 0.283 e. The van der Waals surface area contributed by atoms with E-state index < -0.39 is 16.0 Å². The van der Waals surface area contributed by atoms with Gasteiger partial charge < -0.3 is 5.73 Å². The Kier molecular flexibility index (Phi) is 3.22. The van der Waals surface area contributed by atoms with Gasteiger partial charge in [0.05, 0.1) is 21.5 Å². The van der Waals surface area contributed by atoms with Crippen LogP contribution in [0.2, 0.25) is 0 Å². The van der Waals surface area contributed by atoms with Crippen LogP contribution in [0.1, 0.15) is 0 Å². The molecular weight excluding hydrogens is 361 g/mol. The monoisotopic (exact) mass is 369 g/mol. The molecule has 0 fully saturated rings. The fourth-order valence-corrected chi connectivity index (χ4v) is 3.64. The van der Waals surface area contributed by atoms with Crippen molar-refractivity contribution in [1.82, 2.24) is 9.19 Å². The van der Waals surface area contributed by atoms with Crippen molar-refractivity contribution in [2.45, 2.75) is 4.90 Å². The number of aromatic nitrogens is 2. The molecule has 2 aromatic carbocycles. The summed E-state index contributed by atoms with van der Waals surface area (Å²) in [7, 11) is -3.98. The van der Waals surface area contributed by atoms with Crippen molar-refractivity contribution in [1.29, 1.82) is 0 Å². The standard InChI is InChI=1S/C13H9BrFN3O2S/c14-9-6-7-10-11(12(9)16)13(15)17-18(10)21(19,20)8-4-2-1-3-5-8/h1-7H,16H2. The number of nitrogen functional groups attached to an aromatic ring is 1. The van der Waals surface area contributed by atoms with Gasteiger partial charge in [0.2, 0.25) is 5.95 Å². The predicted octanol–water partition coefficient (Wildman–Crippen LogP) is 2.76. The second-order valence-corrected chi connectivity index (χ2v) is 6.93. The summed E-state index contributed by atoms with van der Waals surface area (Å²) in [5.74, 6) is -0.927. The van der Waals surface area contributed by atoms with E-state index in [1.807, 2.05) is 0 Å². The number of nitrogens with zero attached hydrogens (tertiary/aromatic N) is 2. The third-order valence-electron chi connectivity index (χ3n) is 3.03. The number of hydrogen-bond acceptors (Lipinski definition) is 4. The average molecular weight is 370 g/mol. The predicted molar refractivity (Wildman–Crippen MR) is 80.8 cm³/mol. The normalized spacial score (nSPS) is 11.9. The van der Waals surface area contributed by atoms with Crippen LogP contribution in [0.15, 0.2) is 51.8 Å². The highest BCUT2D eigenvalue weighted by atomic mass is 79.9. The summed E-state index contributed by atoms with van der Waals surface area (Å²) in [6, 6.07) is 10.7. The van der Waals surface area contributed by atoms with E-state index in [9.17, 15) is 12.8 Å². The molecule has 3 aromatic rings. The van der Waals surface area contributed by atoms with Crippen LogP contribution in [0.3, 0.4) is 0 Å². The van der Waals surface area contributed by atoms with Crippen molar-refractivity contribution in [2.24, 2.45) is 0 Å². The fraction of sp³-hybridized carbons (Fsp3) is 0. The molecule has 0 aliphatic carbocycles. The average Bonchev–Trinajstić information content (AvgIpc) is 2.82. The van der Waals surface area contributed by atoms with Gasteiger partial charge in [-0.05, 0) is 40.2 Å². The van der Waals surface area contributed by atoms with Crippen LogP contribution in [0.5, 0.6) is 0 Å². The van der Waals surface area contributed by atoms with E-state index >= 15 is 0 Å². The van der Waals surface area contributed by atoms with Gasteiger partial charge in [0, 0.05) is 4.47 Å². The van der Waals surface area contributed by atoms with Crippen LogP contribution >= 0.6 is 15.9 Å². The van der Waals surface area contributed by atoms with Crippen molar-refractivity contribution in [3.63, 3.8) is 0 Å². The Morgan fingerprint density at radius 3 is 2.48 bits per heavy atom. The Morgan fingerprint density at radius 1 is 1.14 bits per heavy atom. The highest BCUT2D eigenvalue weighted by molar-refractivity contribution is 9.10. The summed E-state index contributed by atoms with van der Waals surface area (Å²) in [6.07, 6.45) is 0.